The molecule has 0 N–H and O–H groups in total. The second kappa shape index (κ2) is 46.7. The summed E-state index contributed by atoms with van der Waals surface area (Å²) in [5.74, 6) is -1.25. The van der Waals surface area contributed by atoms with Gasteiger partial charge in [0.15, 0.2) is 6.10 Å². The second-order valence-corrected chi connectivity index (χ2v) is 18.2. The minimum absolute atomic E-state index is 0.00461. The molecular weight excluding hydrogens is 831 g/mol. The number of carbonyl (C=O) groups excluding carboxylic acids is 4. The maximum Gasteiger partial charge on any atom is 0.508 e. The number of hydrogen-bond acceptors (Lipinski definition) is 10. The molecule has 0 aliphatic carbocycles. The van der Waals surface area contributed by atoms with Crippen molar-refractivity contribution < 1.29 is 42.9 Å². The van der Waals surface area contributed by atoms with Crippen molar-refractivity contribution in [1.82, 2.24) is 4.90 Å². The monoisotopic (exact) mass is 928 g/mol. The Labute approximate surface area is 403 Å². The third-order valence-corrected chi connectivity index (χ3v) is 11.9. The first kappa shape index (κ1) is 60.6. The molecule has 1 unspecified atom stereocenters. The van der Waals surface area contributed by atoms with Gasteiger partial charge in [-0.3, -0.25) is 14.4 Å². The molecule has 1 aliphatic heterocycles. The second-order valence-electron chi connectivity index (χ2n) is 18.2. The third-order valence-electron chi connectivity index (χ3n) is 11.9. The third kappa shape index (κ3) is 40.8. The van der Waals surface area contributed by atoms with Gasteiger partial charge in [0.25, 0.3) is 0 Å². The number of rotatable bonds is 45. The summed E-state index contributed by atoms with van der Waals surface area (Å²) < 4.78 is 27.9. The van der Waals surface area contributed by atoms with Crippen molar-refractivity contribution in [3.8, 4) is 0 Å². The molecule has 0 spiro atoms. The lowest BCUT2D eigenvalue weighted by Gasteiger charge is -2.20. The fourth-order valence-corrected chi connectivity index (χ4v) is 7.82. The lowest BCUT2D eigenvalue weighted by atomic mass is 10.1. The lowest BCUT2D eigenvalue weighted by molar-refractivity contribution is -0.167. The van der Waals surface area contributed by atoms with Gasteiger partial charge < -0.3 is 28.6 Å². The molecule has 0 radical (unpaired) electrons. The van der Waals surface area contributed by atoms with Crippen LogP contribution in [-0.2, 0) is 38.1 Å². The summed E-state index contributed by atoms with van der Waals surface area (Å²) in [6, 6.07) is 0. The van der Waals surface area contributed by atoms with Crippen molar-refractivity contribution in [2.75, 3.05) is 39.5 Å². The normalized spacial score (nSPS) is 13.8. The van der Waals surface area contributed by atoms with E-state index in [1.54, 1.807) is 0 Å². The zero-order chi connectivity index (χ0) is 47.8. The Morgan fingerprint density at radius 2 is 0.894 bits per heavy atom. The van der Waals surface area contributed by atoms with Crippen molar-refractivity contribution in [3.63, 3.8) is 0 Å². The topological polar surface area (TPSA) is 118 Å². The summed E-state index contributed by atoms with van der Waals surface area (Å²) in [7, 11) is 0. The summed E-state index contributed by atoms with van der Waals surface area (Å²) in [4.78, 5) is 53.6. The van der Waals surface area contributed by atoms with Gasteiger partial charge in [0.05, 0.1) is 6.61 Å². The molecule has 0 amide bonds. The van der Waals surface area contributed by atoms with Crippen molar-refractivity contribution in [3.05, 3.63) is 48.6 Å². The first-order valence-electron chi connectivity index (χ1n) is 27.0. The van der Waals surface area contributed by atoms with E-state index < -0.39 is 24.3 Å². The molecule has 1 saturated heterocycles. The molecular formula is C56H97NO9. The van der Waals surface area contributed by atoms with Crippen LogP contribution in [0.4, 0.5) is 4.79 Å². The minimum Gasteiger partial charge on any atom is -0.462 e. The van der Waals surface area contributed by atoms with Crippen LogP contribution in [0.25, 0.3) is 0 Å². The van der Waals surface area contributed by atoms with Gasteiger partial charge in [-0.2, -0.15) is 0 Å². The molecule has 0 aromatic heterocycles. The van der Waals surface area contributed by atoms with Crippen LogP contribution in [0.1, 0.15) is 233 Å². The Morgan fingerprint density at radius 1 is 0.439 bits per heavy atom. The number of nitrogens with zero attached hydrogens (tertiary/aromatic N) is 1. The molecule has 1 heterocycles. The van der Waals surface area contributed by atoms with E-state index in [0.29, 0.717) is 13.0 Å². The summed E-state index contributed by atoms with van der Waals surface area (Å²) in [6.45, 7) is 9.57. The smallest absolute Gasteiger partial charge is 0.462 e. The van der Waals surface area contributed by atoms with Crippen LogP contribution in [0.15, 0.2) is 48.6 Å². The lowest BCUT2D eigenvalue weighted by Crippen LogP contribution is -2.31. The molecule has 0 bridgehead atoms. The Bertz CT molecular complexity index is 1230. The van der Waals surface area contributed by atoms with Crippen molar-refractivity contribution in [1.29, 1.82) is 0 Å². The average Bonchev–Trinajstić information content (AvgIpc) is 3.84. The standard InChI is InChI=1S/C56H97NO9/c1-4-7-10-12-14-16-18-20-22-24-26-28-30-32-35-41-53(58)63-49-52(50-64-54(59)42-36-33-31-29-27-25-23-21-19-17-15-13-11-8-5-2)65-55(60)44-43-51(40-34-9-6-3)66-56(61)62-48-39-47-57-45-37-38-46-57/h14-17,20-23,51-52H,4-13,18-19,24-50H2,1-3H3/b16-14-,17-15-,22-20-,23-21-. The first-order valence-corrected chi connectivity index (χ1v) is 27.0. The van der Waals surface area contributed by atoms with E-state index >= 15 is 0 Å². The van der Waals surface area contributed by atoms with E-state index in [-0.39, 0.29) is 50.8 Å². The van der Waals surface area contributed by atoms with Gasteiger partial charge in [-0.05, 0) is 129 Å². The highest BCUT2D eigenvalue weighted by Crippen LogP contribution is 2.16. The van der Waals surface area contributed by atoms with Crippen LogP contribution in [0.3, 0.4) is 0 Å². The van der Waals surface area contributed by atoms with Gasteiger partial charge >= 0.3 is 24.1 Å². The average molecular weight is 928 g/mol. The Balaban J connectivity index is 2.52. The Kier molecular flexibility index (Phi) is 42.9. The van der Waals surface area contributed by atoms with Gasteiger partial charge in [-0.25, -0.2) is 4.79 Å². The summed E-state index contributed by atoms with van der Waals surface area (Å²) in [5.41, 5.74) is 0. The van der Waals surface area contributed by atoms with Gasteiger partial charge in [0, 0.05) is 25.8 Å². The number of esters is 3. The Morgan fingerprint density at radius 3 is 1.39 bits per heavy atom. The molecule has 1 rings (SSSR count). The highest BCUT2D eigenvalue weighted by Gasteiger charge is 2.23. The van der Waals surface area contributed by atoms with Crippen LogP contribution in [0, 0.1) is 0 Å². The van der Waals surface area contributed by atoms with E-state index in [1.807, 2.05) is 0 Å². The number of carbonyl (C=O) groups is 4. The SMILES string of the molecule is CCCCC/C=C\C/C=C\CCCCCCCC(=O)OCC(COC(=O)CCCCCCC/C=C\C/C=C\CCCCC)OC(=O)CCC(CCCCC)OC(=O)OCCCN1CCCC1. The number of hydrogen-bond donors (Lipinski definition) is 0. The highest BCUT2D eigenvalue weighted by atomic mass is 16.7. The zero-order valence-corrected chi connectivity index (χ0v) is 42.5. The highest BCUT2D eigenvalue weighted by molar-refractivity contribution is 5.71. The van der Waals surface area contributed by atoms with Crippen LogP contribution < -0.4 is 0 Å². The fourth-order valence-electron chi connectivity index (χ4n) is 7.82. The fraction of sp³-hybridized carbons (Fsp3) is 0.786. The van der Waals surface area contributed by atoms with Crippen LogP contribution >= 0.6 is 0 Å². The molecule has 1 aliphatic rings. The molecule has 10 nitrogen and oxygen atoms in total. The number of likely N-dealkylation sites (tertiary alicyclic amines) is 1. The van der Waals surface area contributed by atoms with Gasteiger partial charge in [-0.15, -0.1) is 0 Å². The van der Waals surface area contributed by atoms with E-state index in [1.165, 1.54) is 64.2 Å². The molecule has 0 aromatic carbocycles. The van der Waals surface area contributed by atoms with Gasteiger partial charge in [0.2, 0.25) is 0 Å². The van der Waals surface area contributed by atoms with Crippen LogP contribution in [0.2, 0.25) is 0 Å². The van der Waals surface area contributed by atoms with E-state index in [9.17, 15) is 19.2 Å². The van der Waals surface area contributed by atoms with Crippen LogP contribution in [0.5, 0.6) is 0 Å². The van der Waals surface area contributed by atoms with Crippen molar-refractivity contribution in [2.24, 2.45) is 0 Å². The van der Waals surface area contributed by atoms with E-state index in [4.69, 9.17) is 23.7 Å². The van der Waals surface area contributed by atoms with Gasteiger partial charge in [-0.1, -0.05) is 146 Å². The zero-order valence-electron chi connectivity index (χ0n) is 42.5. The molecule has 0 saturated carbocycles. The van der Waals surface area contributed by atoms with Gasteiger partial charge in [0.1, 0.15) is 19.3 Å². The predicted octanol–water partition coefficient (Wildman–Crippen LogP) is 15.0. The van der Waals surface area contributed by atoms with E-state index in [2.05, 4.69) is 74.3 Å². The predicted molar refractivity (Wildman–Crippen MR) is 270 cm³/mol. The molecule has 10 heteroatoms. The minimum atomic E-state index is -0.931. The summed E-state index contributed by atoms with van der Waals surface area (Å²) in [6.07, 6.45) is 47.6. The summed E-state index contributed by atoms with van der Waals surface area (Å²) >= 11 is 0. The molecule has 1 atom stereocenters. The van der Waals surface area contributed by atoms with Crippen LogP contribution in [-0.4, -0.2) is 80.6 Å². The number of allylic oxidation sites excluding steroid dienone is 8. The maximum atomic E-state index is 13.2. The number of unbranched alkanes of at least 4 members (excludes halogenated alkanes) is 18. The molecule has 380 valence electrons. The molecule has 1 fully saturated rings. The molecule has 66 heavy (non-hydrogen) atoms. The first-order chi connectivity index (χ1) is 32.4. The summed E-state index contributed by atoms with van der Waals surface area (Å²) in [5, 5.41) is 0. The quantitative estimate of drug-likeness (QED) is 0.0253. The Hall–Kier alpha value is -3.40. The molecule has 0 aromatic rings. The van der Waals surface area contributed by atoms with Crippen molar-refractivity contribution >= 4 is 24.1 Å². The van der Waals surface area contributed by atoms with Crippen molar-refractivity contribution in [2.45, 2.75) is 245 Å². The largest absolute Gasteiger partial charge is 0.508 e. The van der Waals surface area contributed by atoms with E-state index in [0.717, 1.165) is 135 Å². The number of ether oxygens (including phenoxy) is 5. The maximum absolute atomic E-state index is 13.2.